The zero-order valence-electron chi connectivity index (χ0n) is 11.5. The van der Waals surface area contributed by atoms with Crippen LogP contribution in [0.25, 0.3) is 0 Å². The first kappa shape index (κ1) is 15.0. The van der Waals surface area contributed by atoms with E-state index in [0.717, 1.165) is 25.0 Å². The Morgan fingerprint density at radius 1 is 1.11 bits per heavy atom. The third-order valence-corrected chi connectivity index (χ3v) is 5.12. The zero-order valence-corrected chi connectivity index (χ0v) is 13.7. The molecule has 2 fully saturated rings. The van der Waals surface area contributed by atoms with Crippen molar-refractivity contribution in [3.05, 3.63) is 0 Å². The molecule has 0 spiro atoms. The number of nitrogens with one attached hydrogen (secondary N) is 2. The van der Waals surface area contributed by atoms with Crippen molar-refractivity contribution in [1.29, 1.82) is 0 Å². The summed E-state index contributed by atoms with van der Waals surface area (Å²) in [6.07, 6.45) is 4.10. The van der Waals surface area contributed by atoms with E-state index in [1.54, 1.807) is 0 Å². The number of likely N-dealkylation sites (tertiary alicyclic amines) is 1. The highest BCUT2D eigenvalue weighted by Gasteiger charge is 2.25. The summed E-state index contributed by atoms with van der Waals surface area (Å²) < 4.78 is 2.43. The lowest BCUT2D eigenvalue weighted by Gasteiger charge is -2.30. The number of piperidine rings is 1. The van der Waals surface area contributed by atoms with Crippen molar-refractivity contribution < 1.29 is 0 Å². The van der Waals surface area contributed by atoms with E-state index in [1.807, 2.05) is 7.05 Å². The monoisotopic (exact) mass is 366 g/mol. The minimum atomic E-state index is 0.725. The van der Waals surface area contributed by atoms with Crippen LogP contribution in [-0.4, -0.2) is 66.9 Å². The Kier molecular flexibility index (Phi) is 6.65. The second-order valence-electron chi connectivity index (χ2n) is 5.66. The lowest BCUT2D eigenvalue weighted by atomic mass is 9.98. The molecular formula is C13H27IN4. The molecule has 4 nitrogen and oxygen atoms in total. The van der Waals surface area contributed by atoms with E-state index < -0.39 is 0 Å². The Hall–Kier alpha value is 0.570. The minimum absolute atomic E-state index is 0.725. The number of rotatable bonds is 6. The van der Waals surface area contributed by atoms with Gasteiger partial charge in [0.2, 0.25) is 0 Å². The fraction of sp³-hybridized carbons (Fsp3) is 1.00. The predicted octanol–water partition coefficient (Wildman–Crippen LogP) is 0.932. The van der Waals surface area contributed by atoms with Crippen molar-refractivity contribution >= 4 is 22.9 Å². The molecule has 0 bridgehead atoms. The first-order chi connectivity index (χ1) is 8.78. The normalized spacial score (nSPS) is 28.0. The topological polar surface area (TPSA) is 30.5 Å². The number of halogens is 1. The van der Waals surface area contributed by atoms with Gasteiger partial charge in [0.25, 0.3) is 0 Å². The van der Waals surface area contributed by atoms with E-state index >= 15 is 0 Å². The van der Waals surface area contributed by atoms with Gasteiger partial charge < -0.3 is 15.5 Å². The van der Waals surface area contributed by atoms with E-state index in [0.29, 0.717) is 0 Å². The van der Waals surface area contributed by atoms with Crippen LogP contribution >= 0.6 is 22.9 Å². The average molecular weight is 366 g/mol. The SMILES string of the molecule is CNCCNC1CCN(CC2CCN(I)CC2)C1. The molecule has 0 aromatic carbocycles. The molecule has 2 aliphatic rings. The van der Waals surface area contributed by atoms with Gasteiger partial charge in [-0.1, -0.05) is 0 Å². The quantitative estimate of drug-likeness (QED) is 0.416. The number of nitrogens with zero attached hydrogens (tertiary/aromatic N) is 2. The Morgan fingerprint density at radius 3 is 2.61 bits per heavy atom. The Labute approximate surface area is 125 Å². The smallest absolute Gasteiger partial charge is 0.0207 e. The summed E-state index contributed by atoms with van der Waals surface area (Å²) in [5, 5.41) is 6.83. The molecule has 0 aliphatic carbocycles. The predicted molar refractivity (Wildman–Crippen MR) is 85.1 cm³/mol. The summed E-state index contributed by atoms with van der Waals surface area (Å²) in [5.41, 5.74) is 0. The third-order valence-electron chi connectivity index (χ3n) is 4.16. The molecule has 0 saturated carbocycles. The average Bonchev–Trinajstić information content (AvgIpc) is 2.80. The molecular weight excluding hydrogens is 339 g/mol. The zero-order chi connectivity index (χ0) is 12.8. The molecule has 2 heterocycles. The summed E-state index contributed by atoms with van der Waals surface area (Å²) >= 11 is 2.46. The van der Waals surface area contributed by atoms with Crippen LogP contribution in [0.5, 0.6) is 0 Å². The molecule has 2 saturated heterocycles. The molecule has 0 aromatic heterocycles. The lowest BCUT2D eigenvalue weighted by Crippen LogP contribution is -2.38. The molecule has 1 atom stereocenters. The van der Waals surface area contributed by atoms with Crippen LogP contribution in [0, 0.1) is 5.92 Å². The summed E-state index contributed by atoms with van der Waals surface area (Å²) in [5.74, 6) is 0.937. The van der Waals surface area contributed by atoms with E-state index in [4.69, 9.17) is 0 Å². The van der Waals surface area contributed by atoms with E-state index in [1.165, 1.54) is 52.0 Å². The van der Waals surface area contributed by atoms with E-state index in [9.17, 15) is 0 Å². The summed E-state index contributed by atoms with van der Waals surface area (Å²) in [6, 6.07) is 0.725. The van der Waals surface area contributed by atoms with E-state index in [2.05, 4.69) is 41.5 Å². The Balaban J connectivity index is 1.60. The standard InChI is InChI=1S/C13H27IN4/c1-15-5-6-16-13-4-7-17(11-13)10-12-2-8-18(14)9-3-12/h12-13,15-16H,2-11H2,1H3. The first-order valence-electron chi connectivity index (χ1n) is 7.29. The number of hydrogen-bond acceptors (Lipinski definition) is 4. The van der Waals surface area contributed by atoms with Crippen LogP contribution in [0.2, 0.25) is 0 Å². The van der Waals surface area contributed by atoms with Crippen LogP contribution < -0.4 is 10.6 Å². The lowest BCUT2D eigenvalue weighted by molar-refractivity contribution is 0.216. The molecule has 2 rings (SSSR count). The van der Waals surface area contributed by atoms with Gasteiger partial charge in [-0.05, 0) is 38.8 Å². The van der Waals surface area contributed by atoms with Crippen LogP contribution in [-0.2, 0) is 0 Å². The first-order valence-corrected chi connectivity index (χ1v) is 8.25. The van der Waals surface area contributed by atoms with Gasteiger partial charge in [0.05, 0.1) is 0 Å². The Bertz CT molecular complexity index is 231. The molecule has 1 unspecified atom stereocenters. The van der Waals surface area contributed by atoms with Crippen LogP contribution in [0.3, 0.4) is 0 Å². The van der Waals surface area contributed by atoms with Crippen molar-refractivity contribution in [1.82, 2.24) is 18.6 Å². The molecule has 0 radical (unpaired) electrons. The highest BCUT2D eigenvalue weighted by atomic mass is 127. The Morgan fingerprint density at radius 2 is 1.89 bits per heavy atom. The number of hydrogen-bond donors (Lipinski definition) is 2. The maximum absolute atomic E-state index is 3.64. The van der Waals surface area contributed by atoms with Crippen LogP contribution in [0.4, 0.5) is 0 Å². The van der Waals surface area contributed by atoms with Gasteiger partial charge in [0.1, 0.15) is 0 Å². The second kappa shape index (κ2) is 7.99. The van der Waals surface area contributed by atoms with Crippen molar-refractivity contribution in [3.8, 4) is 0 Å². The van der Waals surface area contributed by atoms with Crippen molar-refractivity contribution in [2.24, 2.45) is 5.92 Å². The van der Waals surface area contributed by atoms with Gasteiger partial charge >= 0.3 is 0 Å². The molecule has 0 aromatic rings. The maximum atomic E-state index is 3.64. The van der Waals surface area contributed by atoms with Crippen LogP contribution in [0.1, 0.15) is 19.3 Å². The highest BCUT2D eigenvalue weighted by Crippen LogP contribution is 2.22. The molecule has 0 amide bonds. The number of likely N-dealkylation sites (N-methyl/N-ethyl adjacent to an activating group) is 1. The van der Waals surface area contributed by atoms with Crippen LogP contribution in [0.15, 0.2) is 0 Å². The van der Waals surface area contributed by atoms with Gasteiger partial charge in [-0.15, -0.1) is 0 Å². The largest absolute Gasteiger partial charge is 0.318 e. The summed E-state index contributed by atoms with van der Waals surface area (Å²) in [4.78, 5) is 2.67. The molecule has 106 valence electrons. The molecule has 18 heavy (non-hydrogen) atoms. The van der Waals surface area contributed by atoms with Crippen molar-refractivity contribution in [2.75, 3.05) is 52.9 Å². The van der Waals surface area contributed by atoms with Crippen molar-refractivity contribution in [2.45, 2.75) is 25.3 Å². The highest BCUT2D eigenvalue weighted by molar-refractivity contribution is 14.1. The second-order valence-corrected chi connectivity index (χ2v) is 7.02. The molecule has 5 heteroatoms. The summed E-state index contributed by atoms with van der Waals surface area (Å²) in [6.45, 7) is 8.61. The maximum Gasteiger partial charge on any atom is 0.0207 e. The molecule has 2 aliphatic heterocycles. The fourth-order valence-corrected chi connectivity index (χ4v) is 3.57. The van der Waals surface area contributed by atoms with Gasteiger partial charge in [-0.3, -0.25) is 0 Å². The van der Waals surface area contributed by atoms with Gasteiger partial charge in [0.15, 0.2) is 0 Å². The van der Waals surface area contributed by atoms with Gasteiger partial charge in [0, 0.05) is 68.2 Å². The van der Waals surface area contributed by atoms with Gasteiger partial charge in [-0.2, -0.15) is 0 Å². The van der Waals surface area contributed by atoms with E-state index in [-0.39, 0.29) is 0 Å². The third kappa shape index (κ3) is 4.92. The molecule has 2 N–H and O–H groups in total. The minimum Gasteiger partial charge on any atom is -0.318 e. The summed E-state index contributed by atoms with van der Waals surface area (Å²) in [7, 11) is 2.02. The van der Waals surface area contributed by atoms with Gasteiger partial charge in [-0.25, -0.2) is 3.11 Å². The van der Waals surface area contributed by atoms with Crippen molar-refractivity contribution in [3.63, 3.8) is 0 Å². The fourth-order valence-electron chi connectivity index (χ4n) is 3.02.